The molecule has 0 N–H and O–H groups in total. The van der Waals surface area contributed by atoms with Crippen LogP contribution in [0.25, 0.3) is 0 Å². The Balaban J connectivity index is 4.13. The van der Waals surface area contributed by atoms with Crippen LogP contribution in [0.1, 0.15) is 0 Å². The van der Waals surface area contributed by atoms with Gasteiger partial charge in [-0.15, -0.1) is 5.26 Å². The Morgan fingerprint density at radius 3 is 2.55 bits per heavy atom. The number of rotatable bonds is 4. The number of hydrogen-bond acceptors (Lipinski definition) is 2. The summed E-state index contributed by atoms with van der Waals surface area (Å²) in [7, 11) is 0. The Labute approximate surface area is 66.4 Å². The first kappa shape index (κ1) is 9.25. The second-order valence-electron chi connectivity index (χ2n) is 1.59. The molecule has 0 radical (unpaired) electrons. The quantitative estimate of drug-likeness (QED) is 0.347. The van der Waals surface area contributed by atoms with Crippen molar-refractivity contribution >= 4 is 0 Å². The third kappa shape index (κ3) is 4.73. The summed E-state index contributed by atoms with van der Waals surface area (Å²) in [6, 6.07) is 0. The molecule has 0 atom stereocenters. The summed E-state index contributed by atoms with van der Waals surface area (Å²) >= 11 is 0. The summed E-state index contributed by atoms with van der Waals surface area (Å²) in [5.41, 5.74) is 0. The maximum atomic E-state index is 8.12. The molecule has 11 heavy (non-hydrogen) atoms. The van der Waals surface area contributed by atoms with Crippen LogP contribution in [0.15, 0.2) is 49.3 Å². The van der Waals surface area contributed by atoms with Gasteiger partial charge >= 0.3 is 0 Å². The lowest BCUT2D eigenvalue weighted by Crippen LogP contribution is -1.77. The summed E-state index contributed by atoms with van der Waals surface area (Å²) in [5, 5.41) is 8.12. The van der Waals surface area contributed by atoms with Crippen molar-refractivity contribution in [1.29, 1.82) is 5.26 Å². The van der Waals surface area contributed by atoms with Crippen molar-refractivity contribution in [3.8, 4) is 6.26 Å². The third-order valence-electron chi connectivity index (χ3n) is 0.872. The first-order valence-corrected chi connectivity index (χ1v) is 3.03. The monoisotopic (exact) mass is 147 g/mol. The highest BCUT2D eigenvalue weighted by Crippen LogP contribution is 1.96. The molecule has 0 spiro atoms. The smallest absolute Gasteiger partial charge is 0.292 e. The summed E-state index contributed by atoms with van der Waals surface area (Å²) in [5.74, 6) is 0.422. The molecule has 0 heterocycles. The topological polar surface area (TPSA) is 33.0 Å². The molecule has 0 bridgehead atoms. The van der Waals surface area contributed by atoms with Crippen molar-refractivity contribution in [2.24, 2.45) is 0 Å². The van der Waals surface area contributed by atoms with Gasteiger partial charge in [-0.1, -0.05) is 31.4 Å². The van der Waals surface area contributed by atoms with Gasteiger partial charge in [-0.05, 0) is 12.2 Å². The molecule has 56 valence electrons. The van der Waals surface area contributed by atoms with Gasteiger partial charge in [0.2, 0.25) is 0 Å². The molecule has 0 aromatic carbocycles. The van der Waals surface area contributed by atoms with Gasteiger partial charge in [-0.2, -0.15) is 0 Å². The highest BCUT2D eigenvalue weighted by Gasteiger charge is 1.85. The lowest BCUT2D eigenvalue weighted by Gasteiger charge is -1.90. The van der Waals surface area contributed by atoms with E-state index in [0.717, 1.165) is 0 Å². The lowest BCUT2D eigenvalue weighted by molar-refractivity contribution is 0.393. The number of hydrogen-bond donors (Lipinski definition) is 0. The molecular formula is C9H9NO. The van der Waals surface area contributed by atoms with E-state index in [9.17, 15) is 0 Å². The number of allylic oxidation sites excluding steroid dienone is 5. The van der Waals surface area contributed by atoms with Crippen LogP contribution in [0.5, 0.6) is 0 Å². The third-order valence-corrected chi connectivity index (χ3v) is 0.872. The lowest BCUT2D eigenvalue weighted by atomic mass is 10.4. The van der Waals surface area contributed by atoms with Gasteiger partial charge < -0.3 is 4.74 Å². The van der Waals surface area contributed by atoms with Gasteiger partial charge in [-0.25, -0.2) is 0 Å². The predicted molar refractivity (Wildman–Crippen MR) is 44.3 cm³/mol. The van der Waals surface area contributed by atoms with Crippen molar-refractivity contribution in [1.82, 2.24) is 0 Å². The fraction of sp³-hybridized carbons (Fsp3) is 0. The van der Waals surface area contributed by atoms with E-state index in [1.165, 1.54) is 6.08 Å². The largest absolute Gasteiger partial charge is 0.388 e. The van der Waals surface area contributed by atoms with Gasteiger partial charge in [0.25, 0.3) is 6.26 Å². The molecule has 2 nitrogen and oxygen atoms in total. The molecule has 0 aliphatic heterocycles. The Kier molecular flexibility index (Phi) is 5.36. The Bertz CT molecular complexity index is 230. The molecule has 0 amide bonds. The number of nitrogens with zero attached hydrogens (tertiary/aromatic N) is 1. The van der Waals surface area contributed by atoms with Crippen LogP contribution in [0.2, 0.25) is 0 Å². The van der Waals surface area contributed by atoms with Crippen LogP contribution >= 0.6 is 0 Å². The average Bonchev–Trinajstić information content (AvgIpc) is 2.03. The van der Waals surface area contributed by atoms with E-state index in [4.69, 9.17) is 5.26 Å². The van der Waals surface area contributed by atoms with E-state index in [-0.39, 0.29) is 0 Å². The van der Waals surface area contributed by atoms with Crippen LogP contribution in [0.4, 0.5) is 0 Å². The summed E-state index contributed by atoms with van der Waals surface area (Å²) in [6.45, 7) is 6.94. The minimum Gasteiger partial charge on any atom is -0.388 e. The number of ether oxygens (including phenoxy) is 1. The zero-order valence-corrected chi connectivity index (χ0v) is 6.16. The zero-order chi connectivity index (χ0) is 8.53. The Morgan fingerprint density at radius 1 is 1.36 bits per heavy atom. The van der Waals surface area contributed by atoms with Crippen molar-refractivity contribution in [2.45, 2.75) is 0 Å². The van der Waals surface area contributed by atoms with E-state index in [1.807, 2.05) is 0 Å². The fourth-order valence-corrected chi connectivity index (χ4v) is 0.425. The van der Waals surface area contributed by atoms with E-state index in [1.54, 1.807) is 30.6 Å². The second kappa shape index (κ2) is 6.37. The van der Waals surface area contributed by atoms with Crippen molar-refractivity contribution < 1.29 is 4.74 Å². The maximum Gasteiger partial charge on any atom is 0.292 e. The molecule has 0 aliphatic rings. The average molecular weight is 147 g/mol. The first-order valence-electron chi connectivity index (χ1n) is 3.03. The molecule has 0 saturated heterocycles. The van der Waals surface area contributed by atoms with Gasteiger partial charge in [-0.3, -0.25) is 0 Å². The van der Waals surface area contributed by atoms with Gasteiger partial charge in [0.15, 0.2) is 0 Å². The van der Waals surface area contributed by atoms with Crippen molar-refractivity contribution in [3.05, 3.63) is 49.3 Å². The van der Waals surface area contributed by atoms with Crippen LogP contribution in [0, 0.1) is 11.5 Å². The fourth-order valence-electron chi connectivity index (χ4n) is 0.425. The minimum absolute atomic E-state index is 0.422. The molecule has 0 unspecified atom stereocenters. The van der Waals surface area contributed by atoms with Gasteiger partial charge in [0, 0.05) is 0 Å². The van der Waals surface area contributed by atoms with E-state index in [0.29, 0.717) is 5.76 Å². The summed E-state index contributed by atoms with van der Waals surface area (Å²) in [6.07, 6.45) is 9.69. The van der Waals surface area contributed by atoms with Gasteiger partial charge in [0.05, 0.1) is 0 Å². The maximum absolute atomic E-state index is 8.12. The highest BCUT2D eigenvalue weighted by atomic mass is 16.5. The molecule has 0 aromatic rings. The van der Waals surface area contributed by atoms with Crippen LogP contribution < -0.4 is 0 Å². The van der Waals surface area contributed by atoms with Gasteiger partial charge in [0.1, 0.15) is 5.76 Å². The van der Waals surface area contributed by atoms with E-state index >= 15 is 0 Å². The SMILES string of the molecule is C=C/C=C\C=C(/C=C)OC#N. The predicted octanol–water partition coefficient (Wildman–Crippen LogP) is 2.30. The highest BCUT2D eigenvalue weighted by molar-refractivity contribution is 5.19. The number of nitriles is 1. The summed E-state index contributed by atoms with van der Waals surface area (Å²) < 4.78 is 4.50. The Morgan fingerprint density at radius 2 is 2.09 bits per heavy atom. The first-order chi connectivity index (χ1) is 5.35. The zero-order valence-electron chi connectivity index (χ0n) is 6.16. The second-order valence-corrected chi connectivity index (χ2v) is 1.59. The standard InChI is InChI=1S/C9H9NO/c1-3-5-6-7-9(4-2)11-8-10/h3-7H,1-2H2/b6-5-,9-7+. The molecular weight excluding hydrogens is 138 g/mol. The van der Waals surface area contributed by atoms with Crippen LogP contribution in [-0.4, -0.2) is 0 Å². The van der Waals surface area contributed by atoms with Crippen molar-refractivity contribution in [2.75, 3.05) is 0 Å². The van der Waals surface area contributed by atoms with Crippen LogP contribution in [-0.2, 0) is 4.74 Å². The van der Waals surface area contributed by atoms with Crippen LogP contribution in [0.3, 0.4) is 0 Å². The molecule has 0 aliphatic carbocycles. The molecule has 0 saturated carbocycles. The van der Waals surface area contributed by atoms with Crippen molar-refractivity contribution in [3.63, 3.8) is 0 Å². The van der Waals surface area contributed by atoms with E-state index < -0.39 is 0 Å². The minimum atomic E-state index is 0.422. The molecule has 0 aromatic heterocycles. The van der Waals surface area contributed by atoms with E-state index in [2.05, 4.69) is 17.9 Å². The molecule has 0 fully saturated rings. The summed E-state index contributed by atoms with van der Waals surface area (Å²) in [4.78, 5) is 0. The molecule has 2 heteroatoms. The molecule has 0 rings (SSSR count). The normalized spacial score (nSPS) is 10.6. The Hall–Kier alpha value is -1.75.